The zero-order valence-electron chi connectivity index (χ0n) is 11.7. The lowest BCUT2D eigenvalue weighted by atomic mass is 9.78. The van der Waals surface area contributed by atoms with Gasteiger partial charge in [-0.05, 0) is 37.5 Å². The molecule has 1 saturated heterocycles. The Bertz CT molecular complexity index is 278. The van der Waals surface area contributed by atoms with Gasteiger partial charge in [-0.2, -0.15) is 0 Å². The van der Waals surface area contributed by atoms with Gasteiger partial charge in [-0.1, -0.05) is 6.92 Å². The Kier molecular flexibility index (Phi) is 5.54. The van der Waals surface area contributed by atoms with Crippen molar-refractivity contribution in [2.75, 3.05) is 26.2 Å². The minimum atomic E-state index is -2.28. The summed E-state index contributed by atoms with van der Waals surface area (Å²) in [6, 6.07) is 0.768. The Labute approximate surface area is 114 Å². The first-order valence-electron chi connectivity index (χ1n) is 7.46. The van der Waals surface area contributed by atoms with Crippen LogP contribution in [0.25, 0.3) is 0 Å². The monoisotopic (exact) mass is 276 g/mol. The molecule has 0 spiro atoms. The molecule has 4 unspecified atom stereocenters. The lowest BCUT2D eigenvalue weighted by Gasteiger charge is -2.48. The van der Waals surface area contributed by atoms with Crippen molar-refractivity contribution >= 4 is 0 Å². The van der Waals surface area contributed by atoms with Gasteiger partial charge in [-0.25, -0.2) is 8.78 Å². The van der Waals surface area contributed by atoms with Gasteiger partial charge in [0.2, 0.25) is 0 Å². The minimum absolute atomic E-state index is 0.145. The largest absolute Gasteiger partial charge is 0.396 e. The standard InChI is InChI=1S/C14H26F2N2O/c1-10-2-3-13(10)18-8-11(4-5-19)6-12(9-18)17-7-14(15)16/h10-14,17,19H,2-9H2,1H3. The van der Waals surface area contributed by atoms with Crippen molar-refractivity contribution in [2.45, 2.75) is 51.1 Å². The fourth-order valence-corrected chi connectivity index (χ4v) is 3.50. The van der Waals surface area contributed by atoms with E-state index in [9.17, 15) is 8.78 Å². The van der Waals surface area contributed by atoms with E-state index in [0.29, 0.717) is 12.0 Å². The molecule has 0 amide bonds. The van der Waals surface area contributed by atoms with E-state index >= 15 is 0 Å². The number of halogens is 2. The van der Waals surface area contributed by atoms with Crippen LogP contribution in [0.5, 0.6) is 0 Å². The van der Waals surface area contributed by atoms with Gasteiger partial charge in [-0.3, -0.25) is 4.90 Å². The van der Waals surface area contributed by atoms with E-state index in [4.69, 9.17) is 5.11 Å². The number of hydrogen-bond donors (Lipinski definition) is 2. The highest BCUT2D eigenvalue weighted by atomic mass is 19.3. The van der Waals surface area contributed by atoms with Gasteiger partial charge in [0.15, 0.2) is 0 Å². The van der Waals surface area contributed by atoms with Gasteiger partial charge >= 0.3 is 0 Å². The average molecular weight is 276 g/mol. The highest BCUT2D eigenvalue weighted by Crippen LogP contribution is 2.34. The van der Waals surface area contributed by atoms with Crippen molar-refractivity contribution in [1.29, 1.82) is 0 Å². The van der Waals surface area contributed by atoms with Crippen LogP contribution >= 0.6 is 0 Å². The second kappa shape index (κ2) is 6.95. The molecule has 3 nitrogen and oxygen atoms in total. The van der Waals surface area contributed by atoms with Crippen molar-refractivity contribution in [1.82, 2.24) is 10.2 Å². The van der Waals surface area contributed by atoms with Gasteiger partial charge in [-0.15, -0.1) is 0 Å². The van der Waals surface area contributed by atoms with Crippen LogP contribution in [0.3, 0.4) is 0 Å². The molecule has 0 aromatic rings. The number of rotatable bonds is 6. The van der Waals surface area contributed by atoms with Gasteiger partial charge in [0.25, 0.3) is 6.43 Å². The van der Waals surface area contributed by atoms with E-state index in [-0.39, 0.29) is 19.2 Å². The maximum Gasteiger partial charge on any atom is 0.250 e. The van der Waals surface area contributed by atoms with Crippen LogP contribution in [0, 0.1) is 11.8 Å². The van der Waals surface area contributed by atoms with E-state index < -0.39 is 6.43 Å². The molecule has 2 aliphatic rings. The predicted molar refractivity (Wildman–Crippen MR) is 71.4 cm³/mol. The summed E-state index contributed by atoms with van der Waals surface area (Å²) < 4.78 is 24.6. The first-order valence-corrected chi connectivity index (χ1v) is 7.46. The Balaban J connectivity index is 1.88. The lowest BCUT2D eigenvalue weighted by molar-refractivity contribution is 0.0148. The second-order valence-electron chi connectivity index (χ2n) is 6.19. The normalized spacial score (nSPS) is 36.5. The number of likely N-dealkylation sites (tertiary alicyclic amines) is 1. The highest BCUT2D eigenvalue weighted by molar-refractivity contribution is 4.92. The third-order valence-corrected chi connectivity index (χ3v) is 4.71. The zero-order chi connectivity index (χ0) is 13.8. The van der Waals surface area contributed by atoms with Crippen LogP contribution in [0.1, 0.15) is 32.6 Å². The molecule has 2 fully saturated rings. The molecule has 1 aliphatic carbocycles. The molecule has 0 bridgehead atoms. The van der Waals surface area contributed by atoms with Crippen LogP contribution in [-0.4, -0.2) is 54.8 Å². The molecule has 5 heteroatoms. The Morgan fingerprint density at radius 3 is 2.63 bits per heavy atom. The number of nitrogens with zero attached hydrogens (tertiary/aromatic N) is 1. The summed E-state index contributed by atoms with van der Waals surface area (Å²) in [6.07, 6.45) is 1.92. The summed E-state index contributed by atoms with van der Waals surface area (Å²) in [7, 11) is 0. The average Bonchev–Trinajstić information content (AvgIpc) is 2.35. The van der Waals surface area contributed by atoms with Crippen LogP contribution in [-0.2, 0) is 0 Å². The molecular weight excluding hydrogens is 250 g/mol. The van der Waals surface area contributed by atoms with Crippen LogP contribution in [0.2, 0.25) is 0 Å². The lowest BCUT2D eigenvalue weighted by Crippen LogP contribution is -2.57. The van der Waals surface area contributed by atoms with Crippen molar-refractivity contribution in [3.63, 3.8) is 0 Å². The molecule has 1 aliphatic heterocycles. The minimum Gasteiger partial charge on any atom is -0.396 e. The topological polar surface area (TPSA) is 35.5 Å². The summed E-state index contributed by atoms with van der Waals surface area (Å²) >= 11 is 0. The quantitative estimate of drug-likeness (QED) is 0.775. The number of hydrogen-bond acceptors (Lipinski definition) is 3. The first kappa shape index (κ1) is 15.1. The smallest absolute Gasteiger partial charge is 0.250 e. The van der Waals surface area contributed by atoms with Gasteiger partial charge in [0.05, 0.1) is 6.54 Å². The first-order chi connectivity index (χ1) is 9.10. The predicted octanol–water partition coefficient (Wildman–Crippen LogP) is 1.71. The van der Waals surface area contributed by atoms with Gasteiger partial charge in [0, 0.05) is 31.8 Å². The van der Waals surface area contributed by atoms with Crippen molar-refractivity contribution in [2.24, 2.45) is 11.8 Å². The Hall–Kier alpha value is -0.260. The fourth-order valence-electron chi connectivity index (χ4n) is 3.50. The molecule has 0 aromatic heterocycles. The molecule has 2 N–H and O–H groups in total. The summed E-state index contributed by atoms with van der Waals surface area (Å²) in [5, 5.41) is 12.1. The SMILES string of the molecule is CC1CCC1N1CC(CCO)CC(NCC(F)F)C1. The Morgan fingerprint density at radius 1 is 1.32 bits per heavy atom. The summed E-state index contributed by atoms with van der Waals surface area (Å²) in [5.74, 6) is 1.16. The van der Waals surface area contributed by atoms with Crippen LogP contribution in [0.15, 0.2) is 0 Å². The molecule has 1 saturated carbocycles. The number of aliphatic hydroxyl groups excluding tert-OH is 1. The number of nitrogens with one attached hydrogen (secondary N) is 1. The van der Waals surface area contributed by atoms with E-state index in [1.54, 1.807) is 0 Å². The van der Waals surface area contributed by atoms with Crippen molar-refractivity contribution in [3.8, 4) is 0 Å². The molecule has 19 heavy (non-hydrogen) atoms. The highest BCUT2D eigenvalue weighted by Gasteiger charge is 2.37. The van der Waals surface area contributed by atoms with Gasteiger partial charge < -0.3 is 10.4 Å². The summed E-state index contributed by atoms with van der Waals surface area (Å²) in [5.41, 5.74) is 0. The van der Waals surface area contributed by atoms with E-state index in [1.807, 2.05) is 0 Å². The third kappa shape index (κ3) is 4.10. The third-order valence-electron chi connectivity index (χ3n) is 4.71. The zero-order valence-corrected chi connectivity index (χ0v) is 11.7. The summed E-state index contributed by atoms with van der Waals surface area (Å²) in [4.78, 5) is 2.46. The molecule has 1 heterocycles. The molecule has 112 valence electrons. The second-order valence-corrected chi connectivity index (χ2v) is 6.19. The molecule has 0 aromatic carbocycles. The molecule has 0 radical (unpaired) electrons. The van der Waals surface area contributed by atoms with Gasteiger partial charge in [0.1, 0.15) is 0 Å². The van der Waals surface area contributed by atoms with Crippen molar-refractivity contribution in [3.05, 3.63) is 0 Å². The van der Waals surface area contributed by atoms with Crippen LogP contribution in [0.4, 0.5) is 8.78 Å². The number of aliphatic hydroxyl groups is 1. The van der Waals surface area contributed by atoms with E-state index in [0.717, 1.165) is 31.8 Å². The number of piperidine rings is 1. The van der Waals surface area contributed by atoms with E-state index in [2.05, 4.69) is 17.1 Å². The molecule has 4 atom stereocenters. The fraction of sp³-hybridized carbons (Fsp3) is 1.00. The maximum atomic E-state index is 12.3. The molecule has 2 rings (SSSR count). The van der Waals surface area contributed by atoms with Crippen LogP contribution < -0.4 is 5.32 Å². The Morgan fingerprint density at radius 2 is 2.11 bits per heavy atom. The number of alkyl halides is 2. The maximum absolute atomic E-state index is 12.3. The van der Waals surface area contributed by atoms with E-state index in [1.165, 1.54) is 12.8 Å². The molecular formula is C14H26F2N2O. The van der Waals surface area contributed by atoms with Crippen molar-refractivity contribution < 1.29 is 13.9 Å². The summed E-state index contributed by atoms with van der Waals surface area (Å²) in [6.45, 7) is 4.14.